The zero-order chi connectivity index (χ0) is 35.7. The Bertz CT molecular complexity index is 1200. The van der Waals surface area contributed by atoms with Gasteiger partial charge in [-0.2, -0.15) is 0 Å². The van der Waals surface area contributed by atoms with E-state index in [4.69, 9.17) is 0 Å². The van der Waals surface area contributed by atoms with Crippen LogP contribution in [0.3, 0.4) is 0 Å². The number of likely N-dealkylation sites (N-methyl/N-ethyl adjacent to an activating group) is 2. The summed E-state index contributed by atoms with van der Waals surface area (Å²) in [7, 11) is 5.35. The molecule has 1 aliphatic rings. The molecule has 0 saturated carbocycles. The lowest BCUT2D eigenvalue weighted by Crippen LogP contribution is -2.60. The molecule has 4 amide bonds. The summed E-state index contributed by atoms with van der Waals surface area (Å²) in [6, 6.07) is -1.72. The predicted octanol–water partition coefficient (Wildman–Crippen LogP) is 3.36. The number of hydrogen-bond acceptors (Lipinski definition) is 8. The molecule has 11 heteroatoms. The summed E-state index contributed by atoms with van der Waals surface area (Å²) >= 11 is 0. The molecule has 0 bridgehead atoms. The molecule has 0 aliphatic carbocycles. The lowest BCUT2D eigenvalue weighted by atomic mass is 9.82. The van der Waals surface area contributed by atoms with Gasteiger partial charge in [-0.05, 0) is 49.8 Å². The quantitative estimate of drug-likeness (QED) is 0.144. The van der Waals surface area contributed by atoms with Gasteiger partial charge in [-0.15, -0.1) is 0 Å². The van der Waals surface area contributed by atoms with Gasteiger partial charge in [-0.3, -0.25) is 38.6 Å². The van der Waals surface area contributed by atoms with Gasteiger partial charge in [-0.1, -0.05) is 61.5 Å². The van der Waals surface area contributed by atoms with Crippen LogP contribution in [0.4, 0.5) is 0 Å². The van der Waals surface area contributed by atoms with E-state index in [0.717, 1.165) is 17.1 Å². The van der Waals surface area contributed by atoms with Gasteiger partial charge >= 0.3 is 0 Å². The van der Waals surface area contributed by atoms with Gasteiger partial charge in [0.1, 0.15) is 18.1 Å². The smallest absolute Gasteiger partial charge is 0.253 e. The van der Waals surface area contributed by atoms with Gasteiger partial charge in [0.15, 0.2) is 5.78 Å². The van der Waals surface area contributed by atoms with E-state index < -0.39 is 41.3 Å². The SMILES string of the molecule is C/C(=C\[C@H](C(C)C)N(C)C(=O)[C@@H](NC(=O)[C@@H](N(C)C)C(C)(C)C)C(C)(C)C)C(=O)CCC(C=O)CC(=O)CCN1C(=O)C=CC1=O. The summed E-state index contributed by atoms with van der Waals surface area (Å²) in [6.07, 6.45) is 4.76. The first kappa shape index (κ1) is 40.6. The third-order valence-electron chi connectivity index (χ3n) is 8.26. The molecule has 0 radical (unpaired) electrons. The lowest BCUT2D eigenvalue weighted by Gasteiger charge is -2.40. The number of ketones is 2. The molecule has 1 heterocycles. The second-order valence-electron chi connectivity index (χ2n) is 15.1. The molecular weight excluding hydrogens is 588 g/mol. The number of rotatable bonds is 17. The van der Waals surface area contributed by atoms with Crippen LogP contribution in [0.2, 0.25) is 0 Å². The Hall–Kier alpha value is -3.47. The van der Waals surface area contributed by atoms with Crippen LogP contribution in [-0.4, -0.2) is 102 Å². The van der Waals surface area contributed by atoms with Crippen molar-refractivity contribution in [3.05, 3.63) is 23.8 Å². The number of nitrogens with one attached hydrogen (secondary N) is 1. The van der Waals surface area contributed by atoms with Crippen molar-refractivity contribution in [2.75, 3.05) is 27.7 Å². The van der Waals surface area contributed by atoms with Gasteiger partial charge < -0.3 is 15.0 Å². The minimum Gasteiger partial charge on any atom is -0.342 e. The van der Waals surface area contributed by atoms with Crippen molar-refractivity contribution in [3.8, 4) is 0 Å². The zero-order valence-corrected chi connectivity index (χ0v) is 29.9. The maximum atomic E-state index is 14.0. The molecule has 258 valence electrons. The summed E-state index contributed by atoms with van der Waals surface area (Å²) in [5, 5.41) is 3.02. The number of carbonyl (C=O) groups excluding carboxylic acids is 7. The van der Waals surface area contributed by atoms with E-state index in [9.17, 15) is 33.6 Å². The number of aldehydes is 1. The monoisotopic (exact) mass is 644 g/mol. The van der Waals surface area contributed by atoms with Gasteiger partial charge in [-0.25, -0.2) is 0 Å². The molecule has 1 unspecified atom stereocenters. The molecule has 0 fully saturated rings. The number of imide groups is 1. The Morgan fingerprint density at radius 2 is 1.46 bits per heavy atom. The molecule has 4 atom stereocenters. The van der Waals surface area contributed by atoms with Crippen LogP contribution in [-0.2, 0) is 33.6 Å². The van der Waals surface area contributed by atoms with Gasteiger partial charge in [0, 0.05) is 50.9 Å². The largest absolute Gasteiger partial charge is 0.342 e. The highest BCUT2D eigenvalue weighted by Gasteiger charge is 2.41. The van der Waals surface area contributed by atoms with Gasteiger partial charge in [0.05, 0.1) is 12.1 Å². The Balaban J connectivity index is 2.98. The van der Waals surface area contributed by atoms with E-state index in [0.29, 0.717) is 11.9 Å². The Labute approximate surface area is 275 Å². The third kappa shape index (κ3) is 11.7. The van der Waals surface area contributed by atoms with Crippen LogP contribution >= 0.6 is 0 Å². The average Bonchev–Trinajstić information content (AvgIpc) is 3.24. The normalized spacial score (nSPS) is 16.8. The highest BCUT2D eigenvalue weighted by Crippen LogP contribution is 2.27. The van der Waals surface area contributed by atoms with E-state index in [1.807, 2.05) is 74.4 Å². The number of hydrogen-bond donors (Lipinski definition) is 1. The number of carbonyl (C=O) groups is 7. The topological polar surface area (TPSA) is 141 Å². The van der Waals surface area contributed by atoms with Crippen molar-refractivity contribution < 1.29 is 33.6 Å². The van der Waals surface area contributed by atoms with Crippen LogP contribution in [0.25, 0.3) is 0 Å². The third-order valence-corrected chi connectivity index (χ3v) is 8.26. The number of nitrogens with zero attached hydrogens (tertiary/aromatic N) is 3. The van der Waals surface area contributed by atoms with Crippen molar-refractivity contribution in [2.24, 2.45) is 22.7 Å². The Kier molecular flexibility index (Phi) is 14.9. The standard InChI is InChI=1S/C35H56N4O7/c1-22(2)26(38(12)33(46)30(34(4,5)6)36-32(45)31(37(10)11)35(7,8)9)19-23(3)27(42)14-13-24(21-40)20-25(41)17-18-39-28(43)15-16-29(39)44/h15-16,19,21-22,24,26,30-31H,13-14,17-18,20H2,1-12H3,(H,36,45)/b23-19+/t24?,26-,30-,31-/m1/s1. The van der Waals surface area contributed by atoms with Crippen molar-refractivity contribution in [2.45, 2.75) is 106 Å². The van der Waals surface area contributed by atoms with Crippen molar-refractivity contribution >= 4 is 41.5 Å². The molecule has 1 aliphatic heterocycles. The highest BCUT2D eigenvalue weighted by molar-refractivity contribution is 6.13. The lowest BCUT2D eigenvalue weighted by molar-refractivity contribution is -0.142. The van der Waals surface area contributed by atoms with E-state index in [1.165, 1.54) is 0 Å². The molecule has 1 N–H and O–H groups in total. The van der Waals surface area contributed by atoms with Crippen molar-refractivity contribution in [3.63, 3.8) is 0 Å². The van der Waals surface area contributed by atoms with Gasteiger partial charge in [0.25, 0.3) is 11.8 Å². The molecular formula is C35H56N4O7. The summed E-state index contributed by atoms with van der Waals surface area (Å²) in [5.74, 6) is -2.65. The van der Waals surface area contributed by atoms with Crippen molar-refractivity contribution in [1.29, 1.82) is 0 Å². The first-order valence-electron chi connectivity index (χ1n) is 16.0. The number of Topliss-reactive ketones (excluding diaryl/α,β-unsaturated/α-hetero) is 2. The maximum Gasteiger partial charge on any atom is 0.253 e. The molecule has 46 heavy (non-hydrogen) atoms. The summed E-state index contributed by atoms with van der Waals surface area (Å²) < 4.78 is 0. The fraction of sp³-hybridized carbons (Fsp3) is 0.686. The Morgan fingerprint density at radius 1 is 0.913 bits per heavy atom. The average molecular weight is 645 g/mol. The minimum atomic E-state index is -0.815. The van der Waals surface area contributed by atoms with Crippen LogP contribution in [0.5, 0.6) is 0 Å². The van der Waals surface area contributed by atoms with E-state index in [2.05, 4.69) is 5.32 Å². The van der Waals surface area contributed by atoms with E-state index in [1.54, 1.807) is 24.9 Å². The summed E-state index contributed by atoms with van der Waals surface area (Å²) in [5.41, 5.74) is -0.526. The molecule has 11 nitrogen and oxygen atoms in total. The van der Waals surface area contributed by atoms with E-state index in [-0.39, 0.29) is 66.9 Å². The van der Waals surface area contributed by atoms with Gasteiger partial charge in [0.2, 0.25) is 11.8 Å². The molecule has 0 saturated heterocycles. The maximum absolute atomic E-state index is 14.0. The van der Waals surface area contributed by atoms with Crippen LogP contribution in [0.15, 0.2) is 23.8 Å². The summed E-state index contributed by atoms with van der Waals surface area (Å²) in [6.45, 7) is 17.1. The zero-order valence-electron chi connectivity index (χ0n) is 29.9. The first-order chi connectivity index (χ1) is 21.0. The first-order valence-corrected chi connectivity index (χ1v) is 16.0. The second kappa shape index (κ2) is 16.9. The number of amides is 4. The second-order valence-corrected chi connectivity index (χ2v) is 15.1. The predicted molar refractivity (Wildman–Crippen MR) is 177 cm³/mol. The summed E-state index contributed by atoms with van der Waals surface area (Å²) in [4.78, 5) is 92.5. The minimum absolute atomic E-state index is 0.0356. The van der Waals surface area contributed by atoms with Crippen LogP contribution in [0.1, 0.15) is 88.0 Å². The van der Waals surface area contributed by atoms with Crippen LogP contribution in [0, 0.1) is 22.7 Å². The number of allylic oxidation sites excluding steroid dienone is 1. The highest BCUT2D eigenvalue weighted by atomic mass is 16.2. The molecule has 0 aromatic rings. The Morgan fingerprint density at radius 3 is 1.89 bits per heavy atom. The van der Waals surface area contributed by atoms with Crippen molar-refractivity contribution in [1.82, 2.24) is 20.0 Å². The van der Waals surface area contributed by atoms with Crippen LogP contribution < -0.4 is 5.32 Å². The molecule has 1 rings (SSSR count). The molecule has 0 aromatic heterocycles. The fourth-order valence-corrected chi connectivity index (χ4v) is 5.74. The van der Waals surface area contributed by atoms with E-state index >= 15 is 0 Å². The molecule has 0 spiro atoms. The molecule has 0 aromatic carbocycles. The fourth-order valence-electron chi connectivity index (χ4n) is 5.74.